The van der Waals surface area contributed by atoms with Crippen LogP contribution in [0.4, 0.5) is 4.79 Å². The third-order valence-corrected chi connectivity index (χ3v) is 7.31. The molecule has 0 aromatic heterocycles. The quantitative estimate of drug-likeness (QED) is 0.0901. The molecule has 2 aromatic rings. The lowest BCUT2D eigenvalue weighted by Crippen LogP contribution is -2.35. The summed E-state index contributed by atoms with van der Waals surface area (Å²) in [5.41, 5.74) is 0.910. The number of rotatable bonds is 12. The van der Waals surface area contributed by atoms with Crippen LogP contribution in [-0.4, -0.2) is 37.4 Å². The summed E-state index contributed by atoms with van der Waals surface area (Å²) in [6.07, 6.45) is 5.52. The summed E-state index contributed by atoms with van der Waals surface area (Å²) >= 11 is 0. The van der Waals surface area contributed by atoms with E-state index >= 15 is 0 Å². The van der Waals surface area contributed by atoms with Gasteiger partial charge in [0, 0.05) is 5.57 Å². The van der Waals surface area contributed by atoms with Crippen LogP contribution in [0.25, 0.3) is 10.8 Å². The third-order valence-electron chi connectivity index (χ3n) is 7.31. The molecule has 0 aliphatic heterocycles. The lowest BCUT2D eigenvalue weighted by molar-refractivity contribution is -0.139. The number of carbonyl (C=O) groups is 3. The first-order valence-electron chi connectivity index (χ1n) is 14.1. The fourth-order valence-corrected chi connectivity index (χ4v) is 5.00. The predicted molar refractivity (Wildman–Crippen MR) is 151 cm³/mol. The molecule has 1 aliphatic carbocycles. The minimum absolute atomic E-state index is 0.0508. The maximum atomic E-state index is 13.0. The molecule has 212 valence electrons. The molecule has 0 N–H and O–H groups in total. The zero-order valence-corrected chi connectivity index (χ0v) is 23.7. The molecule has 7 nitrogen and oxygen atoms in total. The zero-order chi connectivity index (χ0) is 28.4. The number of carbonyl (C=O) groups excluding carboxylic acids is 3. The fourth-order valence-electron chi connectivity index (χ4n) is 5.00. The van der Waals surface area contributed by atoms with Crippen molar-refractivity contribution >= 4 is 28.9 Å². The van der Waals surface area contributed by atoms with Crippen LogP contribution in [0.2, 0.25) is 0 Å². The minimum atomic E-state index is -0.758. The van der Waals surface area contributed by atoms with Crippen molar-refractivity contribution in [2.75, 3.05) is 13.2 Å². The molecule has 7 heteroatoms. The maximum Gasteiger partial charge on any atom is 0.513 e. The van der Waals surface area contributed by atoms with Crippen LogP contribution < -0.4 is 4.74 Å². The van der Waals surface area contributed by atoms with Gasteiger partial charge in [0.1, 0.15) is 11.9 Å². The van der Waals surface area contributed by atoms with E-state index in [9.17, 15) is 14.4 Å². The highest BCUT2D eigenvalue weighted by Crippen LogP contribution is 2.36. The predicted octanol–water partition coefficient (Wildman–Crippen LogP) is 7.65. The van der Waals surface area contributed by atoms with Gasteiger partial charge in [0.2, 0.25) is 0 Å². The second kappa shape index (κ2) is 14.7. The van der Waals surface area contributed by atoms with Crippen molar-refractivity contribution in [1.29, 1.82) is 0 Å². The van der Waals surface area contributed by atoms with Crippen molar-refractivity contribution in [2.24, 2.45) is 17.8 Å². The normalized spacial score (nSPS) is 18.9. The van der Waals surface area contributed by atoms with Gasteiger partial charge >= 0.3 is 18.1 Å². The Morgan fingerprint density at radius 3 is 2.28 bits per heavy atom. The number of unbranched alkanes of at least 4 members (excludes halogenated alkanes) is 3. The van der Waals surface area contributed by atoms with Crippen LogP contribution in [0.5, 0.6) is 5.75 Å². The molecule has 39 heavy (non-hydrogen) atoms. The third kappa shape index (κ3) is 9.41. The van der Waals surface area contributed by atoms with E-state index in [2.05, 4.69) is 27.4 Å². The Hall–Kier alpha value is -3.35. The number of hydrogen-bond donors (Lipinski definition) is 0. The average molecular weight is 539 g/mol. The Morgan fingerprint density at radius 2 is 1.59 bits per heavy atom. The van der Waals surface area contributed by atoms with Crippen LogP contribution >= 0.6 is 0 Å². The van der Waals surface area contributed by atoms with Crippen molar-refractivity contribution in [3.05, 3.63) is 54.1 Å². The molecule has 0 heterocycles. The number of hydrogen-bond acceptors (Lipinski definition) is 7. The summed E-state index contributed by atoms with van der Waals surface area (Å²) in [6.45, 7) is 12.4. The summed E-state index contributed by atoms with van der Waals surface area (Å²) in [5.74, 6) is 1.13. The SMILES string of the molecule is C=C(C)C(=O)OCCCCCCOC(=O)Oc1ccc2cc(C(=O)OC3CC(C)CCC3C(C)C)ccc2c1. The maximum absolute atomic E-state index is 13.0. The molecule has 3 atom stereocenters. The molecule has 1 saturated carbocycles. The van der Waals surface area contributed by atoms with E-state index in [0.29, 0.717) is 47.7 Å². The number of benzene rings is 2. The standard InChI is InChI=1S/C32H42O7/c1-21(2)28-15-10-23(5)18-29(28)39-31(34)26-12-11-25-20-27(14-13-24(25)19-26)38-32(35)37-17-9-7-6-8-16-36-30(33)22(3)4/h11-14,19-21,23,28-29H,3,6-10,15-18H2,1-2,4-5H3. The average Bonchev–Trinajstić information content (AvgIpc) is 2.89. The Morgan fingerprint density at radius 1 is 0.923 bits per heavy atom. The van der Waals surface area contributed by atoms with Gasteiger partial charge in [-0.05, 0) is 98.2 Å². The molecule has 0 saturated heterocycles. The molecule has 0 radical (unpaired) electrons. The van der Waals surface area contributed by atoms with Gasteiger partial charge in [0.05, 0.1) is 18.8 Å². The van der Waals surface area contributed by atoms with Gasteiger partial charge in [-0.15, -0.1) is 0 Å². The molecule has 3 unspecified atom stereocenters. The van der Waals surface area contributed by atoms with Gasteiger partial charge in [-0.25, -0.2) is 14.4 Å². The summed E-state index contributed by atoms with van der Waals surface area (Å²) < 4.78 is 21.5. The Balaban J connectivity index is 1.44. The van der Waals surface area contributed by atoms with E-state index in [1.54, 1.807) is 25.1 Å². The monoisotopic (exact) mass is 538 g/mol. The topological polar surface area (TPSA) is 88.1 Å². The second-order valence-electron chi connectivity index (χ2n) is 11.0. The highest BCUT2D eigenvalue weighted by atomic mass is 16.7. The molecule has 1 aliphatic rings. The van der Waals surface area contributed by atoms with Crippen molar-refractivity contribution in [3.63, 3.8) is 0 Å². The fraction of sp³-hybridized carbons (Fsp3) is 0.531. The summed E-state index contributed by atoms with van der Waals surface area (Å²) in [7, 11) is 0. The van der Waals surface area contributed by atoms with Crippen LogP contribution in [-0.2, 0) is 19.0 Å². The molecule has 2 aromatic carbocycles. The number of fused-ring (bicyclic) bond motifs is 1. The molecule has 0 bridgehead atoms. The zero-order valence-electron chi connectivity index (χ0n) is 23.7. The first-order valence-corrected chi connectivity index (χ1v) is 14.1. The van der Waals surface area contributed by atoms with Crippen molar-refractivity contribution in [1.82, 2.24) is 0 Å². The first kappa shape index (κ1) is 30.2. The summed E-state index contributed by atoms with van der Waals surface area (Å²) in [5, 5.41) is 1.70. The first-order chi connectivity index (χ1) is 18.6. The molecule has 3 rings (SSSR count). The van der Waals surface area contributed by atoms with Crippen LogP contribution in [0.15, 0.2) is 48.6 Å². The van der Waals surface area contributed by atoms with E-state index in [-0.39, 0.29) is 24.6 Å². The smallest absolute Gasteiger partial charge is 0.462 e. The Kier molecular flexibility index (Phi) is 11.4. The summed E-state index contributed by atoms with van der Waals surface area (Å²) in [4.78, 5) is 36.4. The van der Waals surface area contributed by atoms with Crippen LogP contribution in [0.1, 0.15) is 83.0 Å². The molecule has 0 amide bonds. The van der Waals surface area contributed by atoms with Crippen LogP contribution in [0, 0.1) is 17.8 Å². The molecule has 1 fully saturated rings. The van der Waals surface area contributed by atoms with E-state index in [1.807, 2.05) is 18.2 Å². The minimum Gasteiger partial charge on any atom is -0.462 e. The molecular weight excluding hydrogens is 496 g/mol. The highest BCUT2D eigenvalue weighted by Gasteiger charge is 2.33. The van der Waals surface area contributed by atoms with Crippen molar-refractivity contribution in [2.45, 2.75) is 78.7 Å². The van der Waals surface area contributed by atoms with E-state index in [1.165, 1.54) is 6.42 Å². The number of esters is 2. The van der Waals surface area contributed by atoms with Crippen LogP contribution in [0.3, 0.4) is 0 Å². The van der Waals surface area contributed by atoms with E-state index in [4.69, 9.17) is 18.9 Å². The lowest BCUT2D eigenvalue weighted by atomic mass is 9.75. The number of ether oxygens (including phenoxy) is 4. The highest BCUT2D eigenvalue weighted by molar-refractivity contribution is 5.96. The van der Waals surface area contributed by atoms with Crippen molar-refractivity contribution in [3.8, 4) is 5.75 Å². The van der Waals surface area contributed by atoms with Gasteiger partial charge in [-0.1, -0.05) is 45.9 Å². The van der Waals surface area contributed by atoms with E-state index < -0.39 is 6.16 Å². The Bertz CT molecular complexity index is 1150. The van der Waals surface area contributed by atoms with Gasteiger partial charge < -0.3 is 18.9 Å². The second-order valence-corrected chi connectivity index (χ2v) is 11.0. The largest absolute Gasteiger partial charge is 0.513 e. The summed E-state index contributed by atoms with van der Waals surface area (Å²) in [6, 6.07) is 10.6. The lowest BCUT2D eigenvalue weighted by Gasteiger charge is -2.36. The van der Waals surface area contributed by atoms with Gasteiger partial charge in [-0.2, -0.15) is 0 Å². The van der Waals surface area contributed by atoms with Gasteiger partial charge in [-0.3, -0.25) is 0 Å². The molecular formula is C32H42O7. The Labute approximate surface area is 231 Å². The van der Waals surface area contributed by atoms with Gasteiger partial charge in [0.15, 0.2) is 0 Å². The molecule has 0 spiro atoms. The van der Waals surface area contributed by atoms with Crippen molar-refractivity contribution < 1.29 is 33.3 Å². The van der Waals surface area contributed by atoms with E-state index in [0.717, 1.165) is 42.9 Å². The van der Waals surface area contributed by atoms with Gasteiger partial charge in [0.25, 0.3) is 0 Å².